The largest absolute Gasteiger partial charge is 0.391 e. The Bertz CT molecular complexity index is 248. The highest BCUT2D eigenvalue weighted by molar-refractivity contribution is 5.90. The highest BCUT2D eigenvalue weighted by Crippen LogP contribution is 2.03. The molecule has 0 aliphatic carbocycles. The van der Waals surface area contributed by atoms with Crippen LogP contribution in [0.1, 0.15) is 38.5 Å². The maximum absolute atomic E-state index is 11.5. The molecule has 7 heteroatoms. The molecule has 8 N–H and O–H groups in total. The van der Waals surface area contributed by atoms with Crippen LogP contribution in [0.2, 0.25) is 0 Å². The van der Waals surface area contributed by atoms with Gasteiger partial charge in [0.15, 0.2) is 0 Å². The quantitative estimate of drug-likeness (QED) is 0.226. The number of carbonyl (C=O) groups is 2. The molecule has 0 amide bonds. The minimum Gasteiger partial charge on any atom is -0.391 e. The van der Waals surface area contributed by atoms with Gasteiger partial charge < -0.3 is 27.7 Å². The van der Waals surface area contributed by atoms with Crippen molar-refractivity contribution in [2.75, 3.05) is 13.1 Å². The molecule has 112 valence electrons. The van der Waals surface area contributed by atoms with Crippen molar-refractivity contribution in [1.29, 1.82) is 0 Å². The van der Waals surface area contributed by atoms with Crippen LogP contribution in [0.4, 0.5) is 0 Å². The van der Waals surface area contributed by atoms with Crippen LogP contribution < -0.4 is 22.9 Å². The first-order valence-electron chi connectivity index (χ1n) is 6.69. The summed E-state index contributed by atoms with van der Waals surface area (Å²) in [6, 6.07) is -1.60. The van der Waals surface area contributed by atoms with Crippen molar-refractivity contribution in [3.05, 3.63) is 0 Å². The van der Waals surface area contributed by atoms with Gasteiger partial charge >= 0.3 is 11.9 Å². The average Bonchev–Trinajstić information content (AvgIpc) is 2.38. The molecule has 0 aromatic heterocycles. The van der Waals surface area contributed by atoms with Gasteiger partial charge in [0.2, 0.25) is 0 Å². The molecule has 0 aliphatic rings. The van der Waals surface area contributed by atoms with E-state index in [9.17, 15) is 9.59 Å². The Balaban J connectivity index is 3.92. The van der Waals surface area contributed by atoms with E-state index in [-0.39, 0.29) is 0 Å². The topological polar surface area (TPSA) is 147 Å². The molecule has 0 spiro atoms. The Kier molecular flexibility index (Phi) is 10.3. The van der Waals surface area contributed by atoms with Crippen LogP contribution in [0.15, 0.2) is 0 Å². The molecular weight excluding hydrogens is 248 g/mol. The third-order valence-electron chi connectivity index (χ3n) is 2.75. The lowest BCUT2D eigenvalue weighted by atomic mass is 10.1. The fourth-order valence-corrected chi connectivity index (χ4v) is 1.50. The van der Waals surface area contributed by atoms with Crippen LogP contribution in [0.5, 0.6) is 0 Å². The smallest absolute Gasteiger partial charge is 0.330 e. The molecule has 0 radical (unpaired) electrons. The maximum atomic E-state index is 11.5. The van der Waals surface area contributed by atoms with Crippen LogP contribution in [-0.4, -0.2) is 37.1 Å². The summed E-state index contributed by atoms with van der Waals surface area (Å²) in [5.74, 6) is -1.45. The third-order valence-corrected chi connectivity index (χ3v) is 2.75. The van der Waals surface area contributed by atoms with E-state index in [0.29, 0.717) is 25.9 Å². The lowest BCUT2D eigenvalue weighted by Gasteiger charge is -2.13. The summed E-state index contributed by atoms with van der Waals surface area (Å²) in [6.45, 7) is 1.10. The molecule has 0 heterocycles. The van der Waals surface area contributed by atoms with Gasteiger partial charge in [-0.2, -0.15) is 0 Å². The van der Waals surface area contributed by atoms with Gasteiger partial charge in [-0.25, -0.2) is 9.59 Å². The Hall–Kier alpha value is -1.02. The summed E-state index contributed by atoms with van der Waals surface area (Å²) in [7, 11) is 0. The summed E-state index contributed by atoms with van der Waals surface area (Å²) in [6.07, 6.45) is 3.92. The van der Waals surface area contributed by atoms with Crippen LogP contribution in [0.25, 0.3) is 0 Å². The summed E-state index contributed by atoms with van der Waals surface area (Å²) in [5.41, 5.74) is 21.9. The SMILES string of the molecule is NCCCCC(N)C(=O)OC(=O)C(N)CCCCN. The lowest BCUT2D eigenvalue weighted by Crippen LogP contribution is -2.39. The zero-order chi connectivity index (χ0) is 14.7. The van der Waals surface area contributed by atoms with Crippen LogP contribution in [0.3, 0.4) is 0 Å². The van der Waals surface area contributed by atoms with Gasteiger partial charge in [-0.05, 0) is 38.8 Å². The molecule has 0 aromatic carbocycles. The standard InChI is InChI=1S/C12H26N4O3/c13-7-3-1-5-9(15)11(17)19-12(18)10(16)6-2-4-8-14/h9-10H,1-8,13-16H2. The number of rotatable bonds is 10. The molecule has 2 atom stereocenters. The van der Waals surface area contributed by atoms with E-state index in [1.807, 2.05) is 0 Å². The van der Waals surface area contributed by atoms with E-state index in [0.717, 1.165) is 25.7 Å². The summed E-state index contributed by atoms with van der Waals surface area (Å²) < 4.78 is 4.64. The number of esters is 2. The van der Waals surface area contributed by atoms with Gasteiger partial charge in [0.25, 0.3) is 0 Å². The Morgan fingerprint density at radius 3 is 1.47 bits per heavy atom. The second-order valence-corrected chi connectivity index (χ2v) is 4.52. The van der Waals surface area contributed by atoms with Gasteiger partial charge in [0.1, 0.15) is 12.1 Å². The monoisotopic (exact) mass is 274 g/mol. The highest BCUT2D eigenvalue weighted by atomic mass is 16.6. The minimum atomic E-state index is -0.799. The van der Waals surface area contributed by atoms with Crippen LogP contribution in [0, 0.1) is 0 Å². The molecular formula is C12H26N4O3. The second kappa shape index (κ2) is 10.9. The van der Waals surface area contributed by atoms with Crippen molar-refractivity contribution in [3.8, 4) is 0 Å². The normalized spacial score (nSPS) is 13.9. The molecule has 0 fully saturated rings. The number of carbonyl (C=O) groups excluding carboxylic acids is 2. The van der Waals surface area contributed by atoms with E-state index in [1.54, 1.807) is 0 Å². The number of hydrogen-bond donors (Lipinski definition) is 4. The van der Waals surface area contributed by atoms with Crippen molar-refractivity contribution >= 4 is 11.9 Å². The lowest BCUT2D eigenvalue weighted by molar-refractivity contribution is -0.161. The maximum Gasteiger partial charge on any atom is 0.330 e. The van der Waals surface area contributed by atoms with Gasteiger partial charge in [-0.3, -0.25) is 0 Å². The molecule has 0 aliphatic heterocycles. The molecule has 0 rings (SSSR count). The zero-order valence-electron chi connectivity index (χ0n) is 11.3. The molecule has 19 heavy (non-hydrogen) atoms. The van der Waals surface area contributed by atoms with Gasteiger partial charge in [0, 0.05) is 0 Å². The van der Waals surface area contributed by atoms with Gasteiger partial charge in [0.05, 0.1) is 0 Å². The van der Waals surface area contributed by atoms with Crippen molar-refractivity contribution in [2.45, 2.75) is 50.6 Å². The van der Waals surface area contributed by atoms with E-state index in [4.69, 9.17) is 22.9 Å². The number of unbranched alkanes of at least 4 members (excludes halogenated alkanes) is 2. The third kappa shape index (κ3) is 8.66. The number of hydrogen-bond acceptors (Lipinski definition) is 7. The Morgan fingerprint density at radius 2 is 1.16 bits per heavy atom. The first kappa shape index (κ1) is 18.0. The van der Waals surface area contributed by atoms with Crippen LogP contribution >= 0.6 is 0 Å². The van der Waals surface area contributed by atoms with Crippen molar-refractivity contribution < 1.29 is 14.3 Å². The zero-order valence-corrected chi connectivity index (χ0v) is 11.3. The molecule has 0 bridgehead atoms. The molecule has 2 unspecified atom stereocenters. The predicted octanol–water partition coefficient (Wildman–Crippen LogP) is -1.03. The number of nitrogens with two attached hydrogens (primary N) is 4. The van der Waals surface area contributed by atoms with Gasteiger partial charge in [-0.1, -0.05) is 12.8 Å². The fraction of sp³-hybridized carbons (Fsp3) is 0.833. The second-order valence-electron chi connectivity index (χ2n) is 4.52. The van der Waals surface area contributed by atoms with Crippen LogP contribution in [-0.2, 0) is 14.3 Å². The van der Waals surface area contributed by atoms with Gasteiger partial charge in [-0.15, -0.1) is 0 Å². The highest BCUT2D eigenvalue weighted by Gasteiger charge is 2.22. The first-order chi connectivity index (χ1) is 9.02. The summed E-state index contributed by atoms with van der Waals surface area (Å²) in [4.78, 5) is 23.0. The molecule has 0 saturated heterocycles. The molecule has 7 nitrogen and oxygen atoms in total. The van der Waals surface area contributed by atoms with Crippen molar-refractivity contribution in [1.82, 2.24) is 0 Å². The van der Waals surface area contributed by atoms with E-state index in [2.05, 4.69) is 4.74 Å². The first-order valence-corrected chi connectivity index (χ1v) is 6.69. The van der Waals surface area contributed by atoms with E-state index in [1.165, 1.54) is 0 Å². The average molecular weight is 274 g/mol. The summed E-state index contributed by atoms with van der Waals surface area (Å²) in [5, 5.41) is 0. The Labute approximate surface area is 114 Å². The van der Waals surface area contributed by atoms with E-state index < -0.39 is 24.0 Å². The molecule has 0 aromatic rings. The molecule has 0 saturated carbocycles. The van der Waals surface area contributed by atoms with E-state index >= 15 is 0 Å². The predicted molar refractivity (Wildman–Crippen MR) is 72.9 cm³/mol. The minimum absolute atomic E-state index is 0.450. The fourth-order valence-electron chi connectivity index (χ4n) is 1.50. The Morgan fingerprint density at radius 1 is 0.789 bits per heavy atom. The van der Waals surface area contributed by atoms with Crippen molar-refractivity contribution in [2.24, 2.45) is 22.9 Å². The number of ether oxygens (including phenoxy) is 1. The van der Waals surface area contributed by atoms with Crippen molar-refractivity contribution in [3.63, 3.8) is 0 Å². The summed E-state index contributed by atoms with van der Waals surface area (Å²) >= 11 is 0.